The van der Waals surface area contributed by atoms with Crippen molar-refractivity contribution in [3.8, 4) is 11.5 Å². The number of halogens is 1. The van der Waals surface area contributed by atoms with Crippen LogP contribution in [0.15, 0.2) is 30.3 Å². The second-order valence-corrected chi connectivity index (χ2v) is 5.26. The largest absolute Gasteiger partial charge is 0.507 e. The number of phenols is 1. The average molecular weight is 293 g/mol. The second kappa shape index (κ2) is 7.39. The van der Waals surface area contributed by atoms with E-state index in [0.29, 0.717) is 18.2 Å². The van der Waals surface area contributed by atoms with Gasteiger partial charge < -0.3 is 9.84 Å². The van der Waals surface area contributed by atoms with E-state index in [1.165, 1.54) is 0 Å². The zero-order valence-electron chi connectivity index (χ0n) is 11.9. The summed E-state index contributed by atoms with van der Waals surface area (Å²) in [5.41, 5.74) is 0.930. The Morgan fingerprint density at radius 3 is 2.55 bits per heavy atom. The lowest BCUT2D eigenvalue weighted by Crippen LogP contribution is -1.99. The van der Waals surface area contributed by atoms with Crippen molar-refractivity contribution >= 4 is 22.4 Å². The molecule has 0 heterocycles. The lowest BCUT2D eigenvalue weighted by Gasteiger charge is -2.13. The summed E-state index contributed by atoms with van der Waals surface area (Å²) >= 11 is 5.66. The van der Waals surface area contributed by atoms with Crippen LogP contribution in [0, 0.1) is 0 Å². The van der Waals surface area contributed by atoms with Gasteiger partial charge in [-0.15, -0.1) is 11.6 Å². The van der Waals surface area contributed by atoms with Crippen molar-refractivity contribution < 1.29 is 9.84 Å². The topological polar surface area (TPSA) is 29.5 Å². The number of rotatable bonds is 7. The van der Waals surface area contributed by atoms with E-state index in [2.05, 4.69) is 0 Å². The molecule has 0 aliphatic rings. The van der Waals surface area contributed by atoms with Gasteiger partial charge in [0.25, 0.3) is 0 Å². The fourth-order valence-corrected chi connectivity index (χ4v) is 2.52. The van der Waals surface area contributed by atoms with Crippen molar-refractivity contribution in [2.75, 3.05) is 12.5 Å². The van der Waals surface area contributed by atoms with Crippen molar-refractivity contribution in [3.63, 3.8) is 0 Å². The number of phenolic OH excluding ortho intramolecular Hbond substituents is 1. The highest BCUT2D eigenvalue weighted by Gasteiger charge is 2.10. The van der Waals surface area contributed by atoms with Crippen molar-refractivity contribution in [1.82, 2.24) is 0 Å². The summed E-state index contributed by atoms with van der Waals surface area (Å²) in [4.78, 5) is 0. The van der Waals surface area contributed by atoms with Crippen LogP contribution < -0.4 is 4.74 Å². The second-order valence-electron chi connectivity index (χ2n) is 4.88. The molecule has 2 aromatic rings. The molecule has 0 spiro atoms. The van der Waals surface area contributed by atoms with Gasteiger partial charge in [0.1, 0.15) is 11.5 Å². The number of hydrogen-bond donors (Lipinski definition) is 1. The van der Waals surface area contributed by atoms with E-state index in [9.17, 15) is 5.11 Å². The Balaban J connectivity index is 2.21. The minimum absolute atomic E-state index is 0.373. The Kier molecular flexibility index (Phi) is 5.54. The van der Waals surface area contributed by atoms with Gasteiger partial charge in [0.15, 0.2) is 0 Å². The first-order valence-corrected chi connectivity index (χ1v) is 7.73. The Morgan fingerprint density at radius 1 is 1.10 bits per heavy atom. The van der Waals surface area contributed by atoms with Gasteiger partial charge in [0.2, 0.25) is 0 Å². The molecule has 3 heteroatoms. The molecule has 0 bridgehead atoms. The maximum absolute atomic E-state index is 10.2. The Morgan fingerprint density at radius 2 is 1.85 bits per heavy atom. The van der Waals surface area contributed by atoms with Crippen LogP contribution in [0.5, 0.6) is 11.5 Å². The lowest BCUT2D eigenvalue weighted by atomic mass is 10.0. The molecule has 2 nitrogen and oxygen atoms in total. The van der Waals surface area contributed by atoms with Crippen molar-refractivity contribution in [2.24, 2.45) is 0 Å². The molecular weight excluding hydrogens is 272 g/mol. The molecule has 0 radical (unpaired) electrons. The first-order chi connectivity index (χ1) is 9.77. The predicted molar refractivity (Wildman–Crippen MR) is 85.1 cm³/mol. The quantitative estimate of drug-likeness (QED) is 0.581. The van der Waals surface area contributed by atoms with Gasteiger partial charge >= 0.3 is 0 Å². The molecule has 0 saturated heterocycles. The van der Waals surface area contributed by atoms with Gasteiger partial charge in [-0.2, -0.15) is 0 Å². The number of aryl methyl sites for hydroxylation is 1. The molecule has 0 amide bonds. The van der Waals surface area contributed by atoms with Crippen LogP contribution in [-0.4, -0.2) is 17.6 Å². The van der Waals surface area contributed by atoms with E-state index < -0.39 is 0 Å². The molecule has 2 rings (SSSR count). The van der Waals surface area contributed by atoms with Crippen LogP contribution in [0.2, 0.25) is 0 Å². The van der Waals surface area contributed by atoms with Gasteiger partial charge in [0, 0.05) is 16.7 Å². The molecule has 1 N–H and O–H groups in total. The normalized spacial score (nSPS) is 10.9. The highest BCUT2D eigenvalue weighted by Crippen LogP contribution is 2.36. The summed E-state index contributed by atoms with van der Waals surface area (Å²) in [6.07, 6.45) is 3.91. The van der Waals surface area contributed by atoms with Crippen LogP contribution in [0.25, 0.3) is 10.8 Å². The molecular formula is C17H21ClO2. The molecule has 108 valence electrons. The minimum Gasteiger partial charge on any atom is -0.507 e. The highest BCUT2D eigenvalue weighted by atomic mass is 35.5. The molecule has 0 aromatic heterocycles. The van der Waals surface area contributed by atoms with Crippen LogP contribution in [0.1, 0.15) is 31.7 Å². The number of hydrogen-bond acceptors (Lipinski definition) is 2. The predicted octanol–water partition coefficient (Wildman–Crippen LogP) is 4.90. The number of ether oxygens (including phenoxy) is 1. The first kappa shape index (κ1) is 15.0. The zero-order valence-corrected chi connectivity index (χ0v) is 12.6. The molecule has 0 saturated carbocycles. The van der Waals surface area contributed by atoms with Crippen molar-refractivity contribution in [1.29, 1.82) is 0 Å². The standard InChI is InChI=1S/C17H21ClO2/c1-2-13-12-16(20-11-7-3-6-10-18)14-8-4-5-9-15(14)17(13)19/h4-5,8-9,12,19H,2-3,6-7,10-11H2,1H3. The monoisotopic (exact) mass is 292 g/mol. The van der Waals surface area contributed by atoms with Crippen molar-refractivity contribution in [2.45, 2.75) is 32.6 Å². The molecule has 0 unspecified atom stereocenters. The number of benzene rings is 2. The van der Waals surface area contributed by atoms with Crippen LogP contribution in [0.4, 0.5) is 0 Å². The number of unbranched alkanes of at least 4 members (excludes halogenated alkanes) is 2. The molecule has 0 aliphatic carbocycles. The van der Waals surface area contributed by atoms with Crippen molar-refractivity contribution in [3.05, 3.63) is 35.9 Å². The molecule has 2 aromatic carbocycles. The summed E-state index contributed by atoms with van der Waals surface area (Å²) in [6.45, 7) is 2.73. The number of fused-ring (bicyclic) bond motifs is 1. The van der Waals surface area contributed by atoms with E-state index >= 15 is 0 Å². The summed E-state index contributed by atoms with van der Waals surface area (Å²) in [5.74, 6) is 1.95. The van der Waals surface area contributed by atoms with Gasteiger partial charge in [-0.1, -0.05) is 31.2 Å². The maximum atomic E-state index is 10.2. The summed E-state index contributed by atoms with van der Waals surface area (Å²) in [5, 5.41) is 12.1. The van der Waals surface area contributed by atoms with Crippen LogP contribution >= 0.6 is 11.6 Å². The molecule has 0 fully saturated rings. The fourth-order valence-electron chi connectivity index (χ4n) is 2.33. The van der Waals surface area contributed by atoms with E-state index in [0.717, 1.165) is 47.8 Å². The molecule has 0 aliphatic heterocycles. The third-order valence-electron chi connectivity index (χ3n) is 3.47. The Labute approximate surface area is 125 Å². The van der Waals surface area contributed by atoms with Crippen LogP contribution in [-0.2, 0) is 6.42 Å². The smallest absolute Gasteiger partial charge is 0.127 e. The van der Waals surface area contributed by atoms with Gasteiger partial charge in [-0.3, -0.25) is 0 Å². The minimum atomic E-state index is 0.373. The zero-order chi connectivity index (χ0) is 14.4. The van der Waals surface area contributed by atoms with E-state index in [4.69, 9.17) is 16.3 Å². The van der Waals surface area contributed by atoms with E-state index in [1.54, 1.807) is 0 Å². The summed E-state index contributed by atoms with van der Waals surface area (Å²) in [7, 11) is 0. The van der Waals surface area contributed by atoms with E-state index in [-0.39, 0.29) is 0 Å². The highest BCUT2D eigenvalue weighted by molar-refractivity contribution is 6.17. The lowest BCUT2D eigenvalue weighted by molar-refractivity contribution is 0.309. The maximum Gasteiger partial charge on any atom is 0.127 e. The van der Waals surface area contributed by atoms with Gasteiger partial charge in [0.05, 0.1) is 6.61 Å². The fraction of sp³-hybridized carbons (Fsp3) is 0.412. The summed E-state index contributed by atoms with van der Waals surface area (Å²) < 4.78 is 5.91. The third kappa shape index (κ3) is 3.37. The van der Waals surface area contributed by atoms with Gasteiger partial charge in [-0.05, 0) is 37.3 Å². The summed E-state index contributed by atoms with van der Waals surface area (Å²) in [6, 6.07) is 9.78. The number of aromatic hydroxyl groups is 1. The van der Waals surface area contributed by atoms with Crippen LogP contribution in [0.3, 0.4) is 0 Å². The Bertz CT molecular complexity index is 566. The molecule has 20 heavy (non-hydrogen) atoms. The SMILES string of the molecule is CCc1cc(OCCCCCCl)c2ccccc2c1O. The number of alkyl halides is 1. The molecule has 0 atom stereocenters. The average Bonchev–Trinajstić information content (AvgIpc) is 2.49. The Hall–Kier alpha value is -1.41. The first-order valence-electron chi connectivity index (χ1n) is 7.20. The van der Waals surface area contributed by atoms with Gasteiger partial charge in [-0.25, -0.2) is 0 Å². The van der Waals surface area contributed by atoms with E-state index in [1.807, 2.05) is 37.3 Å². The third-order valence-corrected chi connectivity index (χ3v) is 3.74.